The van der Waals surface area contributed by atoms with Gasteiger partial charge in [-0.05, 0) is 90.9 Å². The SMILES string of the molecule is CCOC(=O)c1cc(COCCOCCNS(=O)(=O)Cc2cc3oc(-c4ccc(F)cc4)c(C(=O)NC)c3cc2C2CC2)ccc1F. The molecule has 5 rings (SSSR count). The van der Waals surface area contributed by atoms with Crippen LogP contribution in [-0.4, -0.2) is 60.3 Å². The van der Waals surface area contributed by atoms with Crippen LogP contribution in [0.1, 0.15) is 63.1 Å². The van der Waals surface area contributed by atoms with E-state index in [1.165, 1.54) is 49.5 Å². The zero-order valence-corrected chi connectivity index (χ0v) is 26.9. The van der Waals surface area contributed by atoms with Crippen LogP contribution in [0, 0.1) is 11.6 Å². The lowest BCUT2D eigenvalue weighted by atomic mass is 9.98. The van der Waals surface area contributed by atoms with Gasteiger partial charge in [-0.15, -0.1) is 0 Å². The molecule has 1 saturated carbocycles. The van der Waals surface area contributed by atoms with Gasteiger partial charge in [0.2, 0.25) is 10.0 Å². The van der Waals surface area contributed by atoms with E-state index in [0.29, 0.717) is 33.2 Å². The minimum absolute atomic E-state index is 0.0422. The Labute approximate surface area is 271 Å². The lowest BCUT2D eigenvalue weighted by Gasteiger charge is -2.12. The summed E-state index contributed by atoms with van der Waals surface area (Å²) in [4.78, 5) is 24.8. The zero-order chi connectivity index (χ0) is 33.6. The van der Waals surface area contributed by atoms with Gasteiger partial charge < -0.3 is 23.9 Å². The Morgan fingerprint density at radius 3 is 2.43 bits per heavy atom. The molecule has 1 aromatic heterocycles. The van der Waals surface area contributed by atoms with Crippen LogP contribution in [0.2, 0.25) is 0 Å². The summed E-state index contributed by atoms with van der Waals surface area (Å²) >= 11 is 0. The van der Waals surface area contributed by atoms with Gasteiger partial charge in [0.1, 0.15) is 23.0 Å². The van der Waals surface area contributed by atoms with Crippen LogP contribution in [0.5, 0.6) is 0 Å². The maximum atomic E-state index is 13.9. The molecule has 0 spiro atoms. The highest BCUT2D eigenvalue weighted by molar-refractivity contribution is 7.88. The summed E-state index contributed by atoms with van der Waals surface area (Å²) in [7, 11) is -2.24. The Morgan fingerprint density at radius 2 is 1.72 bits per heavy atom. The van der Waals surface area contributed by atoms with Gasteiger partial charge in [-0.2, -0.15) is 0 Å². The van der Waals surface area contributed by atoms with E-state index in [9.17, 15) is 26.8 Å². The largest absolute Gasteiger partial charge is 0.462 e. The molecule has 0 atom stereocenters. The number of sulfonamides is 1. The van der Waals surface area contributed by atoms with Crippen molar-refractivity contribution in [2.24, 2.45) is 0 Å². The number of fused-ring (bicyclic) bond motifs is 1. The van der Waals surface area contributed by atoms with Crippen molar-refractivity contribution in [2.45, 2.75) is 38.0 Å². The average Bonchev–Trinajstić information content (AvgIpc) is 3.83. The molecule has 4 aromatic rings. The molecule has 1 heterocycles. The molecule has 0 saturated heterocycles. The molecule has 1 aliphatic carbocycles. The fourth-order valence-corrected chi connectivity index (χ4v) is 6.37. The number of rotatable bonds is 16. The summed E-state index contributed by atoms with van der Waals surface area (Å²) in [6, 6.07) is 13.2. The fourth-order valence-electron chi connectivity index (χ4n) is 5.22. The van der Waals surface area contributed by atoms with Crippen LogP contribution in [-0.2, 0) is 36.6 Å². The van der Waals surface area contributed by atoms with Gasteiger partial charge in [-0.1, -0.05) is 6.07 Å². The number of ether oxygens (including phenoxy) is 3. The number of carbonyl (C=O) groups is 2. The van der Waals surface area contributed by atoms with E-state index in [1.807, 2.05) is 6.07 Å². The number of esters is 1. The number of hydrogen-bond acceptors (Lipinski definition) is 8. The topological polar surface area (TPSA) is 133 Å². The van der Waals surface area contributed by atoms with Gasteiger partial charge in [0.25, 0.3) is 5.91 Å². The molecule has 10 nitrogen and oxygen atoms in total. The standard InChI is InChI=1S/C34H36F2N2O8S/c1-3-45-34(40)27-16-21(4-11-29(27)36)19-44-15-14-43-13-12-38-47(41,42)20-24-17-30-28(18-26(24)22-5-6-22)31(33(39)37-2)32(46-30)23-7-9-25(35)10-8-23/h4,7-11,16-18,22,38H,3,5-6,12-15,19-20H2,1-2H3,(H,37,39). The molecule has 1 fully saturated rings. The summed E-state index contributed by atoms with van der Waals surface area (Å²) in [5, 5.41) is 3.20. The van der Waals surface area contributed by atoms with Crippen LogP contribution in [0.25, 0.3) is 22.3 Å². The molecule has 3 aromatic carbocycles. The van der Waals surface area contributed by atoms with Gasteiger partial charge in [0.15, 0.2) is 0 Å². The molecule has 1 amide bonds. The number of halogens is 2. The summed E-state index contributed by atoms with van der Waals surface area (Å²) in [5.41, 5.74) is 3.06. The second kappa shape index (κ2) is 15.2. The fraction of sp³-hybridized carbons (Fsp3) is 0.353. The molecule has 13 heteroatoms. The van der Waals surface area contributed by atoms with Crippen LogP contribution in [0.3, 0.4) is 0 Å². The second-order valence-electron chi connectivity index (χ2n) is 11.1. The van der Waals surface area contributed by atoms with Crippen LogP contribution >= 0.6 is 0 Å². The van der Waals surface area contributed by atoms with Crippen molar-refractivity contribution in [3.8, 4) is 11.3 Å². The Balaban J connectivity index is 1.16. The van der Waals surface area contributed by atoms with Crippen molar-refractivity contribution in [3.63, 3.8) is 0 Å². The first kappa shape index (κ1) is 34.2. The number of amides is 1. The molecule has 0 aliphatic heterocycles. The summed E-state index contributed by atoms with van der Waals surface area (Å²) in [6.07, 6.45) is 1.82. The Morgan fingerprint density at radius 1 is 0.979 bits per heavy atom. The summed E-state index contributed by atoms with van der Waals surface area (Å²) in [6.45, 7) is 2.44. The third-order valence-corrected chi connectivity index (χ3v) is 8.94. The van der Waals surface area contributed by atoms with E-state index in [1.54, 1.807) is 13.0 Å². The Bertz CT molecular complexity index is 1850. The molecule has 1 aliphatic rings. The smallest absolute Gasteiger partial charge is 0.341 e. The quantitative estimate of drug-likeness (QED) is 0.119. The average molecular weight is 671 g/mol. The molecule has 250 valence electrons. The van der Waals surface area contributed by atoms with Crippen molar-refractivity contribution in [2.75, 3.05) is 40.0 Å². The molecular weight excluding hydrogens is 634 g/mol. The van der Waals surface area contributed by atoms with Gasteiger partial charge >= 0.3 is 5.97 Å². The zero-order valence-electron chi connectivity index (χ0n) is 26.1. The highest BCUT2D eigenvalue weighted by atomic mass is 32.2. The van der Waals surface area contributed by atoms with Gasteiger partial charge in [0.05, 0.1) is 49.9 Å². The van der Waals surface area contributed by atoms with Gasteiger partial charge in [-0.3, -0.25) is 4.79 Å². The predicted molar refractivity (Wildman–Crippen MR) is 170 cm³/mol. The normalized spacial score (nSPS) is 13.2. The third kappa shape index (κ3) is 8.60. The summed E-state index contributed by atoms with van der Waals surface area (Å²) in [5.74, 6) is -2.03. The van der Waals surface area contributed by atoms with Crippen molar-refractivity contribution < 1.29 is 45.4 Å². The van der Waals surface area contributed by atoms with Crippen molar-refractivity contribution in [1.29, 1.82) is 0 Å². The minimum atomic E-state index is -3.76. The number of nitrogens with one attached hydrogen (secondary N) is 2. The van der Waals surface area contributed by atoms with Crippen LogP contribution in [0.4, 0.5) is 8.78 Å². The highest BCUT2D eigenvalue weighted by Crippen LogP contribution is 2.45. The third-order valence-electron chi connectivity index (χ3n) is 7.61. The van der Waals surface area contributed by atoms with E-state index in [-0.39, 0.29) is 68.5 Å². The van der Waals surface area contributed by atoms with E-state index in [0.717, 1.165) is 18.4 Å². The maximum absolute atomic E-state index is 13.9. The van der Waals surface area contributed by atoms with Gasteiger partial charge in [-0.25, -0.2) is 26.7 Å². The molecule has 2 N–H and O–H groups in total. The van der Waals surface area contributed by atoms with Crippen molar-refractivity contribution in [1.82, 2.24) is 10.0 Å². The molecule has 0 bridgehead atoms. The van der Waals surface area contributed by atoms with E-state index < -0.39 is 27.6 Å². The first-order valence-electron chi connectivity index (χ1n) is 15.3. The maximum Gasteiger partial charge on any atom is 0.341 e. The first-order valence-corrected chi connectivity index (χ1v) is 16.9. The first-order chi connectivity index (χ1) is 22.6. The lowest BCUT2D eigenvalue weighted by molar-refractivity contribution is 0.0424. The van der Waals surface area contributed by atoms with Gasteiger partial charge in [0, 0.05) is 24.5 Å². The summed E-state index contributed by atoms with van der Waals surface area (Å²) < 4.78 is 78.2. The Kier molecular flexibility index (Phi) is 11.0. The number of furan rings is 1. The van der Waals surface area contributed by atoms with Crippen LogP contribution < -0.4 is 10.0 Å². The predicted octanol–water partition coefficient (Wildman–Crippen LogP) is 5.44. The second-order valence-corrected chi connectivity index (χ2v) is 12.9. The Hall–Kier alpha value is -4.17. The number of hydrogen-bond donors (Lipinski definition) is 2. The highest BCUT2D eigenvalue weighted by Gasteiger charge is 2.31. The van der Waals surface area contributed by atoms with Crippen LogP contribution in [0.15, 0.2) is 59.0 Å². The molecule has 0 radical (unpaired) electrons. The number of carbonyl (C=O) groups excluding carboxylic acids is 2. The van der Waals surface area contributed by atoms with Crippen molar-refractivity contribution in [3.05, 3.63) is 94.0 Å². The van der Waals surface area contributed by atoms with E-state index in [2.05, 4.69) is 10.0 Å². The monoisotopic (exact) mass is 670 g/mol. The van der Waals surface area contributed by atoms with E-state index >= 15 is 0 Å². The molecule has 47 heavy (non-hydrogen) atoms. The van der Waals surface area contributed by atoms with Crippen molar-refractivity contribution >= 4 is 32.9 Å². The lowest BCUT2D eigenvalue weighted by Crippen LogP contribution is -2.29. The molecule has 0 unspecified atom stereocenters. The number of benzene rings is 3. The molecular formula is C34H36F2N2O8S. The minimum Gasteiger partial charge on any atom is -0.462 e. The van der Waals surface area contributed by atoms with E-state index in [4.69, 9.17) is 18.6 Å².